The summed E-state index contributed by atoms with van der Waals surface area (Å²) in [6, 6.07) is 0. The molecule has 0 saturated heterocycles. The lowest BCUT2D eigenvalue weighted by molar-refractivity contribution is 0.301. The molecule has 16 heavy (non-hydrogen) atoms. The van der Waals surface area contributed by atoms with Gasteiger partial charge in [0.2, 0.25) is 10.0 Å². The highest BCUT2D eigenvalue weighted by Gasteiger charge is 2.18. The minimum atomic E-state index is -3.98. The van der Waals surface area contributed by atoms with Crippen molar-refractivity contribution in [2.45, 2.75) is 0 Å². The number of hydrogen-bond acceptors (Lipinski definition) is 3. The van der Waals surface area contributed by atoms with Gasteiger partial charge in [-0.25, -0.2) is 17.5 Å². The lowest BCUT2D eigenvalue weighted by Gasteiger charge is -2.06. The van der Waals surface area contributed by atoms with Crippen LogP contribution in [0.1, 0.15) is 0 Å². The standard InChI is InChI=1S/C10H14FNO3S/c1-3-5-6-10(9(11)4-2)16(14,15)12-7-8-13/h3-6,12-13H,1-2,7-8H2/b6-5-,10-9-. The first kappa shape index (κ1) is 14.8. The Bertz CT molecular complexity index is 410. The maximum Gasteiger partial charge on any atom is 0.243 e. The number of hydrogen-bond donors (Lipinski definition) is 2. The second kappa shape index (κ2) is 7.10. The van der Waals surface area contributed by atoms with Crippen molar-refractivity contribution in [2.24, 2.45) is 0 Å². The summed E-state index contributed by atoms with van der Waals surface area (Å²) in [5.74, 6) is -0.969. The van der Waals surface area contributed by atoms with Crippen LogP contribution in [0, 0.1) is 0 Å². The largest absolute Gasteiger partial charge is 0.395 e. The van der Waals surface area contributed by atoms with Gasteiger partial charge in [-0.05, 0) is 12.2 Å². The number of nitrogens with one attached hydrogen (secondary N) is 1. The quantitative estimate of drug-likeness (QED) is 0.660. The van der Waals surface area contributed by atoms with Gasteiger partial charge < -0.3 is 5.11 Å². The lowest BCUT2D eigenvalue weighted by atomic mass is 10.4. The lowest BCUT2D eigenvalue weighted by Crippen LogP contribution is -2.27. The summed E-state index contributed by atoms with van der Waals surface area (Å²) in [4.78, 5) is -0.546. The van der Waals surface area contributed by atoms with Gasteiger partial charge in [0.1, 0.15) is 10.7 Å². The Hall–Kier alpha value is -1.24. The zero-order valence-corrected chi connectivity index (χ0v) is 9.50. The van der Waals surface area contributed by atoms with E-state index in [1.54, 1.807) is 0 Å². The third-order valence-corrected chi connectivity index (χ3v) is 2.99. The van der Waals surface area contributed by atoms with Crippen LogP contribution in [0.4, 0.5) is 4.39 Å². The molecule has 0 spiro atoms. The van der Waals surface area contributed by atoms with E-state index in [4.69, 9.17) is 5.11 Å². The van der Waals surface area contributed by atoms with Crippen LogP contribution in [0.25, 0.3) is 0 Å². The van der Waals surface area contributed by atoms with E-state index in [1.165, 1.54) is 12.2 Å². The Morgan fingerprint density at radius 1 is 1.44 bits per heavy atom. The summed E-state index contributed by atoms with van der Waals surface area (Å²) in [5.41, 5.74) is 0. The van der Waals surface area contributed by atoms with Crippen LogP contribution in [0.3, 0.4) is 0 Å². The maximum absolute atomic E-state index is 13.2. The van der Waals surface area contributed by atoms with Crippen molar-refractivity contribution >= 4 is 10.0 Å². The minimum Gasteiger partial charge on any atom is -0.395 e. The number of sulfonamides is 1. The fourth-order valence-corrected chi connectivity index (χ4v) is 1.92. The molecule has 0 atom stereocenters. The SMILES string of the molecule is C=C/C=C\C(=C(\F)C=C)S(=O)(=O)NCCO. The maximum atomic E-state index is 13.2. The first-order valence-corrected chi connectivity index (χ1v) is 5.89. The molecule has 0 aliphatic carbocycles. The molecular formula is C10H14FNO3S. The van der Waals surface area contributed by atoms with Crippen molar-refractivity contribution in [3.63, 3.8) is 0 Å². The van der Waals surface area contributed by atoms with Gasteiger partial charge in [-0.1, -0.05) is 25.3 Å². The molecule has 2 N–H and O–H groups in total. The van der Waals surface area contributed by atoms with Gasteiger partial charge in [-0.2, -0.15) is 0 Å². The van der Waals surface area contributed by atoms with Gasteiger partial charge in [-0.3, -0.25) is 0 Å². The molecule has 0 aliphatic rings. The van der Waals surface area contributed by atoms with Crippen molar-refractivity contribution in [3.8, 4) is 0 Å². The van der Waals surface area contributed by atoms with Crippen LogP contribution < -0.4 is 4.72 Å². The Morgan fingerprint density at radius 3 is 2.50 bits per heavy atom. The second-order valence-corrected chi connectivity index (χ2v) is 4.37. The third-order valence-electron chi connectivity index (χ3n) is 1.49. The van der Waals surface area contributed by atoms with Gasteiger partial charge in [0.25, 0.3) is 0 Å². The fourth-order valence-electron chi connectivity index (χ4n) is 0.811. The van der Waals surface area contributed by atoms with E-state index in [2.05, 4.69) is 13.2 Å². The number of halogens is 1. The number of aliphatic hydroxyl groups is 1. The van der Waals surface area contributed by atoms with E-state index in [-0.39, 0.29) is 13.2 Å². The number of allylic oxidation sites excluding steroid dienone is 5. The molecule has 0 amide bonds. The minimum absolute atomic E-state index is 0.182. The molecule has 6 heteroatoms. The molecule has 0 fully saturated rings. The van der Waals surface area contributed by atoms with Crippen molar-refractivity contribution < 1.29 is 17.9 Å². The van der Waals surface area contributed by atoms with E-state index >= 15 is 0 Å². The van der Waals surface area contributed by atoms with Crippen LogP contribution in [0.5, 0.6) is 0 Å². The summed E-state index contributed by atoms with van der Waals surface area (Å²) in [6.07, 6.45) is 4.46. The molecule has 0 aromatic carbocycles. The Morgan fingerprint density at radius 2 is 2.06 bits per heavy atom. The molecule has 0 aromatic heterocycles. The first-order valence-electron chi connectivity index (χ1n) is 4.41. The highest BCUT2D eigenvalue weighted by atomic mass is 32.2. The molecule has 0 unspecified atom stereocenters. The Labute approximate surface area is 94.5 Å². The van der Waals surface area contributed by atoms with E-state index in [9.17, 15) is 12.8 Å². The van der Waals surface area contributed by atoms with Crippen molar-refractivity contribution in [1.29, 1.82) is 0 Å². The molecule has 0 aliphatic heterocycles. The van der Waals surface area contributed by atoms with Crippen molar-refractivity contribution in [3.05, 3.63) is 48.2 Å². The average molecular weight is 247 g/mol. The normalized spacial score (nSPS) is 13.6. The molecular weight excluding hydrogens is 233 g/mol. The third kappa shape index (κ3) is 4.52. The van der Waals surface area contributed by atoms with E-state index in [1.807, 2.05) is 4.72 Å². The molecule has 4 nitrogen and oxygen atoms in total. The Balaban J connectivity index is 5.28. The molecule has 0 bridgehead atoms. The predicted octanol–water partition coefficient (Wildman–Crippen LogP) is 1.01. The monoisotopic (exact) mass is 247 g/mol. The summed E-state index contributed by atoms with van der Waals surface area (Å²) in [7, 11) is -3.98. The number of aliphatic hydroxyl groups excluding tert-OH is 1. The van der Waals surface area contributed by atoms with Crippen LogP contribution in [0.15, 0.2) is 48.2 Å². The molecule has 0 aromatic rings. The van der Waals surface area contributed by atoms with Crippen molar-refractivity contribution in [2.75, 3.05) is 13.2 Å². The van der Waals surface area contributed by atoms with E-state index in [0.29, 0.717) is 0 Å². The first-order chi connectivity index (χ1) is 7.49. The van der Waals surface area contributed by atoms with Gasteiger partial charge in [0, 0.05) is 6.54 Å². The predicted molar refractivity (Wildman–Crippen MR) is 61.7 cm³/mol. The zero-order valence-electron chi connectivity index (χ0n) is 8.69. The van der Waals surface area contributed by atoms with Gasteiger partial charge in [-0.15, -0.1) is 0 Å². The zero-order chi connectivity index (χ0) is 12.6. The van der Waals surface area contributed by atoms with Gasteiger partial charge >= 0.3 is 0 Å². The summed E-state index contributed by atoms with van der Waals surface area (Å²) < 4.78 is 38.3. The van der Waals surface area contributed by atoms with Crippen LogP contribution in [-0.4, -0.2) is 26.7 Å². The van der Waals surface area contributed by atoms with Crippen LogP contribution in [-0.2, 0) is 10.0 Å². The summed E-state index contributed by atoms with van der Waals surface area (Å²) in [5, 5.41) is 8.49. The summed E-state index contributed by atoms with van der Waals surface area (Å²) >= 11 is 0. The molecule has 0 heterocycles. The summed E-state index contributed by atoms with van der Waals surface area (Å²) in [6.45, 7) is 5.95. The van der Waals surface area contributed by atoms with Gasteiger partial charge in [0.15, 0.2) is 0 Å². The molecule has 0 rings (SSSR count). The topological polar surface area (TPSA) is 66.4 Å². The van der Waals surface area contributed by atoms with E-state index < -0.39 is 20.8 Å². The smallest absolute Gasteiger partial charge is 0.243 e. The van der Waals surface area contributed by atoms with Crippen molar-refractivity contribution in [1.82, 2.24) is 4.72 Å². The molecule has 0 saturated carbocycles. The molecule has 0 radical (unpaired) electrons. The number of rotatable bonds is 7. The Kier molecular flexibility index (Phi) is 6.55. The fraction of sp³-hybridized carbons (Fsp3) is 0.200. The molecule has 90 valence electrons. The van der Waals surface area contributed by atoms with Crippen LogP contribution in [0.2, 0.25) is 0 Å². The van der Waals surface area contributed by atoms with Crippen LogP contribution >= 0.6 is 0 Å². The average Bonchev–Trinajstić information content (AvgIpc) is 2.26. The highest BCUT2D eigenvalue weighted by Crippen LogP contribution is 2.15. The van der Waals surface area contributed by atoms with E-state index in [0.717, 1.165) is 12.2 Å². The highest BCUT2D eigenvalue weighted by molar-refractivity contribution is 7.93. The second-order valence-electron chi connectivity index (χ2n) is 2.63. The van der Waals surface area contributed by atoms with Gasteiger partial charge in [0.05, 0.1) is 6.61 Å².